The van der Waals surface area contributed by atoms with Crippen molar-refractivity contribution in [2.75, 3.05) is 12.3 Å². The summed E-state index contributed by atoms with van der Waals surface area (Å²) in [6.45, 7) is 4.70. The minimum Gasteiger partial charge on any atom is -0.463 e. The molecule has 1 saturated heterocycles. The van der Waals surface area contributed by atoms with Gasteiger partial charge in [-0.15, -0.1) is 11.8 Å². The molecule has 1 amide bonds. The summed E-state index contributed by atoms with van der Waals surface area (Å²) in [5.74, 6) is 2.53. The van der Waals surface area contributed by atoms with Crippen LogP contribution in [-0.4, -0.2) is 28.1 Å². The predicted molar refractivity (Wildman–Crippen MR) is 83.0 cm³/mol. The van der Waals surface area contributed by atoms with Crippen molar-refractivity contribution in [1.82, 2.24) is 9.88 Å². The van der Waals surface area contributed by atoms with Gasteiger partial charge in [0.15, 0.2) is 0 Å². The fraction of sp³-hybridized carbons (Fsp3) is 0.375. The zero-order valence-electron chi connectivity index (χ0n) is 12.2. The van der Waals surface area contributed by atoms with E-state index in [1.807, 2.05) is 36.9 Å². The van der Waals surface area contributed by atoms with Crippen molar-refractivity contribution >= 4 is 17.7 Å². The van der Waals surface area contributed by atoms with Crippen molar-refractivity contribution in [3.05, 3.63) is 53.2 Å². The predicted octanol–water partition coefficient (Wildman–Crippen LogP) is 3.11. The second-order valence-electron chi connectivity index (χ2n) is 5.24. The summed E-state index contributed by atoms with van der Waals surface area (Å²) in [5, 5.41) is 0.00624. The molecule has 3 rings (SSSR count). The van der Waals surface area contributed by atoms with Crippen molar-refractivity contribution in [3.8, 4) is 0 Å². The number of amides is 1. The Labute approximate surface area is 128 Å². The average molecular weight is 302 g/mol. The monoisotopic (exact) mass is 302 g/mol. The van der Waals surface area contributed by atoms with E-state index in [0.29, 0.717) is 12.3 Å². The van der Waals surface area contributed by atoms with Crippen molar-refractivity contribution < 1.29 is 9.21 Å². The molecule has 5 heteroatoms. The minimum absolute atomic E-state index is 0.00624. The number of hydrogen-bond acceptors (Lipinski definition) is 4. The van der Waals surface area contributed by atoms with Gasteiger partial charge < -0.3 is 9.32 Å². The number of aromatic nitrogens is 1. The molecule has 0 N–H and O–H groups in total. The highest BCUT2D eigenvalue weighted by atomic mass is 32.2. The fourth-order valence-corrected chi connectivity index (χ4v) is 3.60. The Bertz CT molecular complexity index is 619. The van der Waals surface area contributed by atoms with Crippen LogP contribution in [0.1, 0.15) is 28.0 Å². The molecule has 0 aromatic carbocycles. The lowest BCUT2D eigenvalue weighted by Crippen LogP contribution is -2.30. The third-order valence-corrected chi connectivity index (χ3v) is 5.00. The Balaban J connectivity index is 1.73. The van der Waals surface area contributed by atoms with Crippen LogP contribution in [0.25, 0.3) is 0 Å². The first-order valence-corrected chi connectivity index (χ1v) is 8.07. The van der Waals surface area contributed by atoms with Crippen molar-refractivity contribution in [2.45, 2.75) is 25.6 Å². The van der Waals surface area contributed by atoms with Gasteiger partial charge in [-0.2, -0.15) is 0 Å². The third-order valence-electron chi connectivity index (χ3n) is 3.79. The summed E-state index contributed by atoms with van der Waals surface area (Å²) in [7, 11) is 0. The molecule has 0 saturated carbocycles. The standard InChI is InChI=1S/C16H18N2O2S/c1-11-9-14(20-12(11)2)16-18(15(19)10-21-16)8-5-13-3-6-17-7-4-13/h3-4,6-7,9,16H,5,8,10H2,1-2H3. The molecule has 0 spiro atoms. The maximum Gasteiger partial charge on any atom is 0.233 e. The van der Waals surface area contributed by atoms with Crippen LogP contribution < -0.4 is 0 Å². The highest BCUT2D eigenvalue weighted by molar-refractivity contribution is 8.00. The van der Waals surface area contributed by atoms with Gasteiger partial charge in [-0.3, -0.25) is 9.78 Å². The summed E-state index contributed by atoms with van der Waals surface area (Å²) in [5.41, 5.74) is 2.33. The van der Waals surface area contributed by atoms with E-state index >= 15 is 0 Å². The first-order valence-electron chi connectivity index (χ1n) is 7.02. The lowest BCUT2D eigenvalue weighted by Gasteiger charge is -2.22. The fourth-order valence-electron chi connectivity index (χ4n) is 2.45. The molecular weight excluding hydrogens is 284 g/mol. The van der Waals surface area contributed by atoms with Crippen molar-refractivity contribution in [3.63, 3.8) is 0 Å². The second-order valence-corrected chi connectivity index (χ2v) is 6.31. The van der Waals surface area contributed by atoms with Gasteiger partial charge in [-0.05, 0) is 49.6 Å². The highest BCUT2D eigenvalue weighted by Gasteiger charge is 2.34. The van der Waals surface area contributed by atoms with Crippen molar-refractivity contribution in [2.24, 2.45) is 0 Å². The van der Waals surface area contributed by atoms with E-state index in [2.05, 4.69) is 4.98 Å². The number of carbonyl (C=O) groups is 1. The number of carbonyl (C=O) groups excluding carboxylic acids is 1. The smallest absolute Gasteiger partial charge is 0.233 e. The van der Waals surface area contributed by atoms with Crippen LogP contribution in [0.4, 0.5) is 0 Å². The molecule has 1 atom stereocenters. The van der Waals surface area contributed by atoms with Crippen molar-refractivity contribution in [1.29, 1.82) is 0 Å². The van der Waals surface area contributed by atoms with E-state index < -0.39 is 0 Å². The zero-order valence-corrected chi connectivity index (χ0v) is 13.0. The Morgan fingerprint density at radius 2 is 2.14 bits per heavy atom. The van der Waals surface area contributed by atoms with Crippen LogP contribution in [-0.2, 0) is 11.2 Å². The van der Waals surface area contributed by atoms with Crippen LogP contribution in [0.15, 0.2) is 35.0 Å². The zero-order chi connectivity index (χ0) is 14.8. The average Bonchev–Trinajstić information content (AvgIpc) is 3.01. The number of thioether (sulfide) groups is 1. The van der Waals surface area contributed by atoms with Crippen LogP contribution in [0.2, 0.25) is 0 Å². The van der Waals surface area contributed by atoms with E-state index in [0.717, 1.165) is 23.5 Å². The minimum atomic E-state index is 0.00624. The van der Waals surface area contributed by atoms with Gasteiger partial charge in [-0.25, -0.2) is 0 Å². The molecule has 110 valence electrons. The van der Waals surface area contributed by atoms with Crippen LogP contribution in [0.3, 0.4) is 0 Å². The van der Waals surface area contributed by atoms with E-state index in [1.165, 1.54) is 5.56 Å². The second kappa shape index (κ2) is 5.93. The van der Waals surface area contributed by atoms with Crippen LogP contribution in [0, 0.1) is 13.8 Å². The first-order chi connectivity index (χ1) is 10.1. The van der Waals surface area contributed by atoms with Crippen LogP contribution in [0.5, 0.6) is 0 Å². The molecule has 3 heterocycles. The number of pyridine rings is 1. The lowest BCUT2D eigenvalue weighted by atomic mass is 10.2. The molecule has 4 nitrogen and oxygen atoms in total. The van der Waals surface area contributed by atoms with E-state index in [1.54, 1.807) is 24.2 Å². The molecule has 1 aliphatic rings. The Morgan fingerprint density at radius 3 is 2.81 bits per heavy atom. The molecule has 0 aliphatic carbocycles. The van der Waals surface area contributed by atoms with Gasteiger partial charge in [0.25, 0.3) is 0 Å². The number of aryl methyl sites for hydroxylation is 2. The number of furan rings is 1. The summed E-state index contributed by atoms with van der Waals surface area (Å²) in [6, 6.07) is 6.03. The molecule has 2 aromatic heterocycles. The summed E-state index contributed by atoms with van der Waals surface area (Å²) in [6.07, 6.45) is 4.41. The maximum atomic E-state index is 12.1. The maximum absolute atomic E-state index is 12.1. The quantitative estimate of drug-likeness (QED) is 0.870. The topological polar surface area (TPSA) is 46.3 Å². The molecule has 21 heavy (non-hydrogen) atoms. The Kier molecular flexibility index (Phi) is 4.01. The molecule has 2 aromatic rings. The number of rotatable bonds is 4. The lowest BCUT2D eigenvalue weighted by molar-refractivity contribution is -0.128. The Hall–Kier alpha value is -1.75. The summed E-state index contributed by atoms with van der Waals surface area (Å²) < 4.78 is 5.80. The van der Waals surface area contributed by atoms with Gasteiger partial charge in [0, 0.05) is 18.9 Å². The third kappa shape index (κ3) is 2.97. The van der Waals surface area contributed by atoms with Gasteiger partial charge in [0.1, 0.15) is 16.9 Å². The molecule has 1 fully saturated rings. The summed E-state index contributed by atoms with van der Waals surface area (Å²) >= 11 is 1.64. The molecule has 0 radical (unpaired) electrons. The van der Waals surface area contributed by atoms with E-state index in [-0.39, 0.29) is 11.3 Å². The van der Waals surface area contributed by atoms with E-state index in [9.17, 15) is 4.79 Å². The SMILES string of the molecule is Cc1cc(C2SCC(=O)N2CCc2ccncc2)oc1C. The van der Waals surface area contributed by atoms with Gasteiger partial charge in [0.05, 0.1) is 5.75 Å². The molecule has 1 aliphatic heterocycles. The molecule has 1 unspecified atom stereocenters. The number of hydrogen-bond donors (Lipinski definition) is 0. The number of nitrogens with zero attached hydrogens (tertiary/aromatic N) is 2. The normalized spacial score (nSPS) is 18.5. The van der Waals surface area contributed by atoms with Gasteiger partial charge in [0.2, 0.25) is 5.91 Å². The van der Waals surface area contributed by atoms with E-state index in [4.69, 9.17) is 4.42 Å². The Morgan fingerprint density at radius 1 is 1.38 bits per heavy atom. The molecule has 0 bridgehead atoms. The first kappa shape index (κ1) is 14.2. The molecular formula is C16H18N2O2S. The van der Waals surface area contributed by atoms with Gasteiger partial charge >= 0.3 is 0 Å². The van der Waals surface area contributed by atoms with Crippen LogP contribution >= 0.6 is 11.8 Å². The largest absolute Gasteiger partial charge is 0.463 e. The highest BCUT2D eigenvalue weighted by Crippen LogP contribution is 2.39. The van der Waals surface area contributed by atoms with Gasteiger partial charge in [-0.1, -0.05) is 0 Å². The summed E-state index contributed by atoms with van der Waals surface area (Å²) in [4.78, 5) is 18.1.